The van der Waals surface area contributed by atoms with Gasteiger partial charge in [-0.05, 0) is 39.8 Å². The van der Waals surface area contributed by atoms with E-state index < -0.39 is 11.7 Å². The molecule has 7 heteroatoms. The molecule has 23 heavy (non-hydrogen) atoms. The van der Waals surface area contributed by atoms with Crippen molar-refractivity contribution in [2.24, 2.45) is 0 Å². The Hall–Kier alpha value is -2.57. The first-order valence-corrected chi connectivity index (χ1v) is 7.43. The molecular formula is C16H22N4O3. The summed E-state index contributed by atoms with van der Waals surface area (Å²) in [6.07, 6.45) is 4.48. The topological polar surface area (TPSA) is 85.3 Å². The van der Waals surface area contributed by atoms with Crippen LogP contribution in [0.2, 0.25) is 0 Å². The van der Waals surface area contributed by atoms with Crippen LogP contribution in [0, 0.1) is 0 Å². The zero-order valence-electron chi connectivity index (χ0n) is 13.8. The van der Waals surface area contributed by atoms with Crippen LogP contribution in [-0.4, -0.2) is 33.7 Å². The van der Waals surface area contributed by atoms with Crippen LogP contribution in [0.3, 0.4) is 0 Å². The largest absolute Gasteiger partial charge is 0.444 e. The van der Waals surface area contributed by atoms with E-state index in [4.69, 9.17) is 4.74 Å². The van der Waals surface area contributed by atoms with E-state index in [0.29, 0.717) is 0 Å². The standard InChI is InChI=1S/C16H22N4O3/c1-11(20-8-6-12-5-7-17-9-13(12)20)19-14(21)10-18-15(22)23-16(2,3)4/h5-9,11H,10H2,1-4H3,(H,18,22)(H,19,21). The van der Waals surface area contributed by atoms with Gasteiger partial charge in [0.15, 0.2) is 0 Å². The first-order valence-electron chi connectivity index (χ1n) is 7.43. The van der Waals surface area contributed by atoms with Crippen LogP contribution in [0.1, 0.15) is 33.9 Å². The molecule has 0 aliphatic heterocycles. The zero-order valence-corrected chi connectivity index (χ0v) is 13.8. The van der Waals surface area contributed by atoms with E-state index in [2.05, 4.69) is 15.6 Å². The van der Waals surface area contributed by atoms with Gasteiger partial charge in [0.2, 0.25) is 5.91 Å². The smallest absolute Gasteiger partial charge is 0.408 e. The molecule has 0 aromatic carbocycles. The van der Waals surface area contributed by atoms with E-state index in [1.165, 1.54) is 0 Å². The average Bonchev–Trinajstić information content (AvgIpc) is 2.87. The highest BCUT2D eigenvalue weighted by Gasteiger charge is 2.17. The number of carbonyl (C=O) groups excluding carboxylic acids is 2. The molecule has 0 saturated carbocycles. The summed E-state index contributed by atoms with van der Waals surface area (Å²) >= 11 is 0. The lowest BCUT2D eigenvalue weighted by atomic mass is 10.2. The van der Waals surface area contributed by atoms with Gasteiger partial charge in [-0.1, -0.05) is 0 Å². The van der Waals surface area contributed by atoms with Crippen molar-refractivity contribution in [3.63, 3.8) is 0 Å². The number of rotatable bonds is 4. The molecule has 2 N–H and O–H groups in total. The summed E-state index contributed by atoms with van der Waals surface area (Å²) in [6, 6.07) is 3.86. The summed E-state index contributed by atoms with van der Waals surface area (Å²) in [4.78, 5) is 27.6. The van der Waals surface area contributed by atoms with Gasteiger partial charge in [0.25, 0.3) is 0 Å². The number of aromatic nitrogens is 2. The Morgan fingerprint density at radius 1 is 1.35 bits per heavy atom. The first-order chi connectivity index (χ1) is 10.8. The van der Waals surface area contributed by atoms with E-state index in [9.17, 15) is 9.59 Å². The molecular weight excluding hydrogens is 296 g/mol. The molecule has 2 rings (SSSR count). The molecule has 0 spiro atoms. The molecule has 2 aromatic heterocycles. The third-order valence-electron chi connectivity index (χ3n) is 3.10. The van der Waals surface area contributed by atoms with Gasteiger partial charge in [-0.3, -0.25) is 9.78 Å². The molecule has 2 heterocycles. The summed E-state index contributed by atoms with van der Waals surface area (Å²) in [7, 11) is 0. The molecule has 0 bridgehead atoms. The van der Waals surface area contributed by atoms with Crippen molar-refractivity contribution < 1.29 is 14.3 Å². The number of alkyl carbamates (subject to hydrolysis) is 1. The van der Waals surface area contributed by atoms with E-state index in [1.54, 1.807) is 33.2 Å². The van der Waals surface area contributed by atoms with Crippen molar-refractivity contribution in [2.45, 2.75) is 39.5 Å². The molecule has 0 saturated heterocycles. The number of nitrogens with zero attached hydrogens (tertiary/aromatic N) is 2. The van der Waals surface area contributed by atoms with Crippen LogP contribution in [0.4, 0.5) is 4.79 Å². The maximum Gasteiger partial charge on any atom is 0.408 e. The molecule has 7 nitrogen and oxygen atoms in total. The van der Waals surface area contributed by atoms with E-state index in [-0.39, 0.29) is 18.6 Å². The number of fused-ring (bicyclic) bond motifs is 1. The summed E-state index contributed by atoms with van der Waals surface area (Å²) < 4.78 is 6.99. The Morgan fingerprint density at radius 3 is 2.78 bits per heavy atom. The number of ether oxygens (including phenoxy) is 1. The minimum atomic E-state index is -0.615. The molecule has 0 aliphatic rings. The van der Waals surface area contributed by atoms with Crippen LogP contribution in [0.15, 0.2) is 30.7 Å². The fourth-order valence-electron chi connectivity index (χ4n) is 2.15. The minimum Gasteiger partial charge on any atom is -0.444 e. The van der Waals surface area contributed by atoms with Gasteiger partial charge in [-0.2, -0.15) is 0 Å². The molecule has 1 unspecified atom stereocenters. The average molecular weight is 318 g/mol. The number of hydrogen-bond donors (Lipinski definition) is 2. The lowest BCUT2D eigenvalue weighted by Crippen LogP contribution is -2.41. The van der Waals surface area contributed by atoms with Crippen LogP contribution < -0.4 is 10.6 Å². The number of nitrogens with one attached hydrogen (secondary N) is 2. The lowest BCUT2D eigenvalue weighted by molar-refractivity contribution is -0.121. The normalized spacial score (nSPS) is 12.7. The Labute approximate surface area is 135 Å². The molecule has 0 aliphatic carbocycles. The predicted octanol–water partition coefficient (Wildman–Crippen LogP) is 2.20. The zero-order chi connectivity index (χ0) is 17.0. The van der Waals surface area contributed by atoms with Crippen molar-refractivity contribution in [3.05, 3.63) is 30.7 Å². The fraction of sp³-hybridized carbons (Fsp3) is 0.438. The minimum absolute atomic E-state index is 0.142. The first kappa shape index (κ1) is 16.8. The van der Waals surface area contributed by atoms with Gasteiger partial charge in [0.1, 0.15) is 18.3 Å². The van der Waals surface area contributed by atoms with Gasteiger partial charge < -0.3 is 19.9 Å². The second-order valence-electron chi connectivity index (χ2n) is 6.26. The molecule has 124 valence electrons. The van der Waals surface area contributed by atoms with E-state index in [1.807, 2.05) is 29.8 Å². The monoisotopic (exact) mass is 318 g/mol. The van der Waals surface area contributed by atoms with Crippen molar-refractivity contribution >= 4 is 22.9 Å². The third-order valence-corrected chi connectivity index (χ3v) is 3.10. The van der Waals surface area contributed by atoms with Gasteiger partial charge in [-0.15, -0.1) is 0 Å². The van der Waals surface area contributed by atoms with Crippen LogP contribution in [-0.2, 0) is 9.53 Å². The van der Waals surface area contributed by atoms with Gasteiger partial charge >= 0.3 is 6.09 Å². The molecule has 0 radical (unpaired) electrons. The highest BCUT2D eigenvalue weighted by molar-refractivity contribution is 5.83. The number of amides is 2. The van der Waals surface area contributed by atoms with Crippen LogP contribution in [0.5, 0.6) is 0 Å². The highest BCUT2D eigenvalue weighted by Crippen LogP contribution is 2.17. The number of carbonyl (C=O) groups is 2. The fourth-order valence-corrected chi connectivity index (χ4v) is 2.15. The predicted molar refractivity (Wildman–Crippen MR) is 86.8 cm³/mol. The third kappa shape index (κ3) is 4.70. The Kier molecular flexibility index (Phi) is 4.88. The SMILES string of the molecule is CC(NC(=O)CNC(=O)OC(C)(C)C)n1ccc2ccncc21. The van der Waals surface area contributed by atoms with Gasteiger partial charge in [0, 0.05) is 17.8 Å². The summed E-state index contributed by atoms with van der Waals surface area (Å²) in [6.45, 7) is 7.01. The molecule has 1 atom stereocenters. The molecule has 0 fully saturated rings. The van der Waals surface area contributed by atoms with Gasteiger partial charge in [0.05, 0.1) is 11.7 Å². The molecule has 2 amide bonds. The van der Waals surface area contributed by atoms with Crippen molar-refractivity contribution in [1.82, 2.24) is 20.2 Å². The summed E-state index contributed by atoms with van der Waals surface area (Å²) in [5, 5.41) is 6.30. The summed E-state index contributed by atoms with van der Waals surface area (Å²) in [5.74, 6) is -0.297. The maximum atomic E-state index is 11.9. The number of pyridine rings is 1. The summed E-state index contributed by atoms with van der Waals surface area (Å²) in [5.41, 5.74) is 0.339. The Bertz CT molecular complexity index is 703. The lowest BCUT2D eigenvalue weighted by Gasteiger charge is -2.20. The van der Waals surface area contributed by atoms with Gasteiger partial charge in [-0.25, -0.2) is 4.79 Å². The van der Waals surface area contributed by atoms with Crippen molar-refractivity contribution in [1.29, 1.82) is 0 Å². The van der Waals surface area contributed by atoms with E-state index in [0.717, 1.165) is 10.9 Å². The van der Waals surface area contributed by atoms with Crippen molar-refractivity contribution in [2.75, 3.05) is 6.54 Å². The van der Waals surface area contributed by atoms with Crippen LogP contribution >= 0.6 is 0 Å². The second kappa shape index (κ2) is 6.68. The Balaban J connectivity index is 1.89. The molecule has 2 aromatic rings. The highest BCUT2D eigenvalue weighted by atomic mass is 16.6. The van der Waals surface area contributed by atoms with Crippen molar-refractivity contribution in [3.8, 4) is 0 Å². The Morgan fingerprint density at radius 2 is 2.09 bits per heavy atom. The quantitative estimate of drug-likeness (QED) is 0.905. The second-order valence-corrected chi connectivity index (χ2v) is 6.26. The maximum absolute atomic E-state index is 11.9. The van der Waals surface area contributed by atoms with Crippen LogP contribution in [0.25, 0.3) is 10.9 Å². The number of hydrogen-bond acceptors (Lipinski definition) is 4. The van der Waals surface area contributed by atoms with E-state index >= 15 is 0 Å².